The Morgan fingerprint density at radius 1 is 0.500 bits per heavy atom. The van der Waals surface area contributed by atoms with E-state index < -0.39 is 0 Å². The van der Waals surface area contributed by atoms with Crippen LogP contribution in [0.15, 0.2) is 78.9 Å². The van der Waals surface area contributed by atoms with Crippen LogP contribution in [0.25, 0.3) is 49.2 Å². The molecule has 0 amide bonds. The van der Waals surface area contributed by atoms with E-state index in [1.165, 1.54) is 54.2 Å². The molecule has 0 nitrogen and oxygen atoms in total. The molecule has 5 aromatic rings. The van der Waals surface area contributed by atoms with Gasteiger partial charge in [-0.2, -0.15) is 0 Å². The molecule has 0 N–H and O–H groups in total. The minimum absolute atomic E-state index is 1.16. The molecule has 5 aromatic carbocycles. The lowest BCUT2D eigenvalue weighted by Gasteiger charge is -2.13. The van der Waals surface area contributed by atoms with Crippen LogP contribution in [-0.4, -0.2) is 0 Å². The molecule has 0 bridgehead atoms. The van der Waals surface area contributed by atoms with Gasteiger partial charge in [0, 0.05) is 0 Å². The highest BCUT2D eigenvalue weighted by Crippen LogP contribution is 2.32. The van der Waals surface area contributed by atoms with Gasteiger partial charge in [0.15, 0.2) is 0 Å². The number of benzene rings is 5. The molecular formula is C26H18. The van der Waals surface area contributed by atoms with Crippen LogP contribution >= 0.6 is 0 Å². The summed E-state index contributed by atoms with van der Waals surface area (Å²) in [6.07, 6.45) is 6.87. The first-order chi connectivity index (χ1) is 12.8. The minimum atomic E-state index is 1.16. The van der Waals surface area contributed by atoms with E-state index in [-0.39, 0.29) is 0 Å². The quantitative estimate of drug-likeness (QED) is 0.262. The Morgan fingerprint density at radius 2 is 1.00 bits per heavy atom. The second-order valence-electron chi connectivity index (χ2n) is 7.44. The van der Waals surface area contributed by atoms with Gasteiger partial charge in [-0.05, 0) is 110 Å². The highest BCUT2D eigenvalue weighted by molar-refractivity contribution is 6.08. The van der Waals surface area contributed by atoms with Crippen LogP contribution < -0.4 is 0 Å². The van der Waals surface area contributed by atoms with Crippen molar-refractivity contribution in [2.24, 2.45) is 0 Å². The molecule has 0 unspecified atom stereocenters. The number of allylic oxidation sites excluding steroid dienone is 1. The van der Waals surface area contributed by atoms with Crippen LogP contribution in [0.1, 0.15) is 17.5 Å². The smallest absolute Gasteiger partial charge is 0.0171 e. The largest absolute Gasteiger partial charge is 0.0836 e. The molecule has 0 heteroatoms. The van der Waals surface area contributed by atoms with Crippen molar-refractivity contribution in [1.29, 1.82) is 0 Å². The second kappa shape index (κ2) is 5.19. The van der Waals surface area contributed by atoms with Crippen LogP contribution in [0, 0.1) is 0 Å². The highest BCUT2D eigenvalue weighted by Gasteiger charge is 2.08. The Hall–Kier alpha value is -3.12. The van der Waals surface area contributed by atoms with Crippen molar-refractivity contribution in [3.63, 3.8) is 0 Å². The van der Waals surface area contributed by atoms with Gasteiger partial charge in [0.25, 0.3) is 0 Å². The third-order valence-electron chi connectivity index (χ3n) is 5.75. The average Bonchev–Trinajstić information content (AvgIpc) is 2.67. The molecule has 0 atom stereocenters. The number of fused-ring (bicyclic) bond motifs is 5. The fourth-order valence-electron chi connectivity index (χ4n) is 4.38. The molecule has 6 rings (SSSR count). The summed E-state index contributed by atoms with van der Waals surface area (Å²) in [6.45, 7) is 0. The molecule has 0 fully saturated rings. The van der Waals surface area contributed by atoms with Crippen molar-refractivity contribution in [2.75, 3.05) is 0 Å². The Morgan fingerprint density at radius 3 is 1.62 bits per heavy atom. The molecule has 26 heavy (non-hydrogen) atoms. The van der Waals surface area contributed by atoms with Gasteiger partial charge in [-0.15, -0.1) is 0 Å². The molecule has 1 aliphatic carbocycles. The highest BCUT2D eigenvalue weighted by atomic mass is 14.1. The van der Waals surface area contributed by atoms with E-state index in [0.717, 1.165) is 12.8 Å². The van der Waals surface area contributed by atoms with Crippen molar-refractivity contribution in [1.82, 2.24) is 0 Å². The normalized spacial score (nSPS) is 13.7. The Balaban J connectivity index is 1.68. The third kappa shape index (κ3) is 2.09. The summed E-state index contributed by atoms with van der Waals surface area (Å²) in [6, 6.07) is 27.4. The first-order valence-corrected chi connectivity index (χ1v) is 9.33. The van der Waals surface area contributed by atoms with Crippen molar-refractivity contribution < 1.29 is 0 Å². The topological polar surface area (TPSA) is 0 Å². The lowest BCUT2D eigenvalue weighted by Crippen LogP contribution is -1.94. The van der Waals surface area contributed by atoms with Gasteiger partial charge < -0.3 is 0 Å². The van der Waals surface area contributed by atoms with Gasteiger partial charge in [0.05, 0.1) is 0 Å². The van der Waals surface area contributed by atoms with Gasteiger partial charge in [-0.3, -0.25) is 0 Å². The molecule has 0 heterocycles. The maximum Gasteiger partial charge on any atom is -0.0171 e. The zero-order chi connectivity index (χ0) is 17.1. The van der Waals surface area contributed by atoms with Crippen molar-refractivity contribution in [3.05, 3.63) is 90.0 Å². The molecule has 0 saturated heterocycles. The number of aryl methyl sites for hydroxylation is 1. The Labute approximate surface area is 152 Å². The van der Waals surface area contributed by atoms with Gasteiger partial charge in [0.1, 0.15) is 0 Å². The van der Waals surface area contributed by atoms with Crippen LogP contribution in [0.5, 0.6) is 0 Å². The van der Waals surface area contributed by atoms with Gasteiger partial charge >= 0.3 is 0 Å². The Bertz CT molecular complexity index is 1370. The van der Waals surface area contributed by atoms with Crippen molar-refractivity contribution in [2.45, 2.75) is 12.8 Å². The summed E-state index contributed by atoms with van der Waals surface area (Å²) in [7, 11) is 0. The Kier molecular flexibility index (Phi) is 2.81. The van der Waals surface area contributed by atoms with E-state index in [1.54, 1.807) is 0 Å². The fraction of sp³-hybridized carbons (Fsp3) is 0.0769. The monoisotopic (exact) mass is 330 g/mol. The van der Waals surface area contributed by atoms with Crippen molar-refractivity contribution in [3.8, 4) is 0 Å². The van der Waals surface area contributed by atoms with E-state index in [2.05, 4.69) is 84.9 Å². The predicted molar refractivity (Wildman–Crippen MR) is 114 cm³/mol. The standard InChI is InChI=1S/C26H18/c1-2-6-18-10-22-14-26-16-24-12-20-8-4-3-7-19(20)11-23(24)15-25(26)13-21(22)9-17(18)5-1/h1-3,5-7,9-16H,4,8H2. The van der Waals surface area contributed by atoms with E-state index in [4.69, 9.17) is 0 Å². The lowest BCUT2D eigenvalue weighted by atomic mass is 9.92. The average molecular weight is 330 g/mol. The molecule has 122 valence electrons. The maximum atomic E-state index is 2.39. The zero-order valence-corrected chi connectivity index (χ0v) is 14.5. The third-order valence-corrected chi connectivity index (χ3v) is 5.75. The molecular weight excluding hydrogens is 312 g/mol. The van der Waals surface area contributed by atoms with Gasteiger partial charge in [-0.25, -0.2) is 0 Å². The zero-order valence-electron chi connectivity index (χ0n) is 14.5. The predicted octanol–water partition coefficient (Wildman–Crippen LogP) is 7.26. The number of hydrogen-bond donors (Lipinski definition) is 0. The number of hydrogen-bond acceptors (Lipinski definition) is 0. The second-order valence-corrected chi connectivity index (χ2v) is 7.44. The molecule has 0 spiro atoms. The summed E-state index contributed by atoms with van der Waals surface area (Å²) < 4.78 is 0. The van der Waals surface area contributed by atoms with E-state index in [0.29, 0.717) is 0 Å². The first-order valence-electron chi connectivity index (χ1n) is 9.33. The van der Waals surface area contributed by atoms with E-state index in [1.807, 2.05) is 0 Å². The maximum absolute atomic E-state index is 2.39. The van der Waals surface area contributed by atoms with Crippen LogP contribution in [0.4, 0.5) is 0 Å². The molecule has 0 saturated carbocycles. The summed E-state index contributed by atoms with van der Waals surface area (Å²) in [5.41, 5.74) is 2.86. The molecule has 0 aliphatic heterocycles. The van der Waals surface area contributed by atoms with Crippen LogP contribution in [-0.2, 0) is 6.42 Å². The summed E-state index contributed by atoms with van der Waals surface area (Å²) in [4.78, 5) is 0. The van der Waals surface area contributed by atoms with Crippen LogP contribution in [0.3, 0.4) is 0 Å². The van der Waals surface area contributed by atoms with Crippen molar-refractivity contribution >= 4 is 49.2 Å². The SMILES string of the molecule is C1=Cc2cc3cc4cc5cc6ccccc6cc5cc4cc3cc2CC1. The first kappa shape index (κ1) is 14.1. The van der Waals surface area contributed by atoms with E-state index in [9.17, 15) is 0 Å². The molecule has 0 radical (unpaired) electrons. The summed E-state index contributed by atoms with van der Waals surface area (Å²) in [5, 5.41) is 10.6. The van der Waals surface area contributed by atoms with Gasteiger partial charge in [0.2, 0.25) is 0 Å². The van der Waals surface area contributed by atoms with E-state index >= 15 is 0 Å². The number of rotatable bonds is 0. The molecule has 0 aromatic heterocycles. The molecule has 1 aliphatic rings. The van der Waals surface area contributed by atoms with Gasteiger partial charge in [-0.1, -0.05) is 42.5 Å². The summed E-state index contributed by atoms with van der Waals surface area (Å²) >= 11 is 0. The van der Waals surface area contributed by atoms with Crippen LogP contribution in [0.2, 0.25) is 0 Å². The fourth-order valence-corrected chi connectivity index (χ4v) is 4.38. The lowest BCUT2D eigenvalue weighted by molar-refractivity contribution is 0.989. The minimum Gasteiger partial charge on any atom is -0.0836 e. The summed E-state index contributed by atoms with van der Waals surface area (Å²) in [5.74, 6) is 0.